The zero-order valence-corrected chi connectivity index (χ0v) is 13.4. The van der Waals surface area contributed by atoms with E-state index in [1.165, 1.54) is 4.90 Å². The molecule has 0 aliphatic carbocycles. The lowest BCUT2D eigenvalue weighted by molar-refractivity contribution is -0.118. The Morgan fingerprint density at radius 2 is 1.61 bits per heavy atom. The number of nitriles is 2. The smallest absolute Gasteiger partial charge is 0.253 e. The first-order valence-electron chi connectivity index (χ1n) is 7.43. The lowest BCUT2D eigenvalue weighted by Crippen LogP contribution is -2.32. The van der Waals surface area contributed by atoms with Crippen LogP contribution in [-0.4, -0.2) is 29.8 Å². The molecule has 0 unspecified atom stereocenters. The third-order valence-electron chi connectivity index (χ3n) is 3.20. The van der Waals surface area contributed by atoms with E-state index in [1.54, 1.807) is 38.1 Å². The molecular weight excluding hydrogens is 292 g/mol. The average Bonchev–Trinajstić information content (AvgIpc) is 2.55. The van der Waals surface area contributed by atoms with Crippen LogP contribution in [0.5, 0.6) is 0 Å². The molecule has 1 N–H and O–H groups in total. The maximum atomic E-state index is 12.4. The molecule has 0 bridgehead atoms. The molecule has 0 spiro atoms. The predicted octanol–water partition coefficient (Wildman–Crippen LogP) is 2.55. The van der Waals surface area contributed by atoms with E-state index < -0.39 is 0 Å². The third kappa shape index (κ3) is 5.80. The highest BCUT2D eigenvalue weighted by Crippen LogP contribution is 2.13. The van der Waals surface area contributed by atoms with Gasteiger partial charge in [0.15, 0.2) is 0 Å². The third-order valence-corrected chi connectivity index (χ3v) is 3.20. The molecule has 23 heavy (non-hydrogen) atoms. The van der Waals surface area contributed by atoms with E-state index in [2.05, 4.69) is 5.32 Å². The fourth-order valence-electron chi connectivity index (χ4n) is 1.85. The molecule has 120 valence electrons. The van der Waals surface area contributed by atoms with Gasteiger partial charge in [0, 0.05) is 30.3 Å². The zero-order valence-electron chi connectivity index (χ0n) is 13.4. The fourth-order valence-corrected chi connectivity index (χ4v) is 1.85. The van der Waals surface area contributed by atoms with Gasteiger partial charge < -0.3 is 10.2 Å². The Balaban J connectivity index is 2.79. The maximum absolute atomic E-state index is 12.4. The first-order valence-corrected chi connectivity index (χ1v) is 7.43. The predicted molar refractivity (Wildman–Crippen MR) is 86.3 cm³/mol. The summed E-state index contributed by atoms with van der Waals surface area (Å²) >= 11 is 0. The molecule has 6 heteroatoms. The van der Waals surface area contributed by atoms with Gasteiger partial charge in [0.1, 0.15) is 0 Å². The number of anilines is 1. The van der Waals surface area contributed by atoms with E-state index >= 15 is 0 Å². The van der Waals surface area contributed by atoms with E-state index in [4.69, 9.17) is 10.5 Å². The summed E-state index contributed by atoms with van der Waals surface area (Å²) in [7, 11) is 0. The van der Waals surface area contributed by atoms with Crippen molar-refractivity contribution < 1.29 is 9.59 Å². The van der Waals surface area contributed by atoms with Crippen molar-refractivity contribution in [3.05, 3.63) is 29.8 Å². The summed E-state index contributed by atoms with van der Waals surface area (Å²) in [6.07, 6.45) is 0.444. The molecule has 0 fully saturated rings. The van der Waals surface area contributed by atoms with E-state index in [1.807, 2.05) is 12.1 Å². The van der Waals surface area contributed by atoms with Crippen molar-refractivity contribution in [2.75, 3.05) is 18.4 Å². The van der Waals surface area contributed by atoms with Crippen LogP contribution in [0.2, 0.25) is 0 Å². The Bertz CT molecular complexity index is 605. The Morgan fingerprint density at radius 3 is 2.04 bits per heavy atom. The molecule has 0 radical (unpaired) electrons. The second-order valence-corrected chi connectivity index (χ2v) is 5.33. The van der Waals surface area contributed by atoms with Crippen molar-refractivity contribution in [1.82, 2.24) is 4.90 Å². The van der Waals surface area contributed by atoms with E-state index in [-0.39, 0.29) is 30.6 Å². The summed E-state index contributed by atoms with van der Waals surface area (Å²) in [6, 6.07) is 10.6. The molecule has 0 saturated carbocycles. The lowest BCUT2D eigenvalue weighted by atomic mass is 10.1. The molecular formula is C17H20N4O2. The van der Waals surface area contributed by atoms with Crippen molar-refractivity contribution in [3.63, 3.8) is 0 Å². The van der Waals surface area contributed by atoms with Crippen molar-refractivity contribution in [3.8, 4) is 12.1 Å². The highest BCUT2D eigenvalue weighted by atomic mass is 16.2. The highest BCUT2D eigenvalue weighted by Gasteiger charge is 2.15. The van der Waals surface area contributed by atoms with Crippen LogP contribution in [0, 0.1) is 28.6 Å². The Kier molecular flexibility index (Phi) is 7.29. The molecule has 0 aliphatic rings. The molecule has 1 aromatic carbocycles. The summed E-state index contributed by atoms with van der Waals surface area (Å²) in [5.41, 5.74) is 1.09. The highest BCUT2D eigenvalue weighted by molar-refractivity contribution is 5.96. The van der Waals surface area contributed by atoms with Crippen LogP contribution >= 0.6 is 0 Å². The Hall–Kier alpha value is -2.86. The molecule has 0 heterocycles. The largest absolute Gasteiger partial charge is 0.337 e. The van der Waals surface area contributed by atoms with Gasteiger partial charge in [0.05, 0.1) is 25.0 Å². The van der Waals surface area contributed by atoms with Crippen LogP contribution in [-0.2, 0) is 4.79 Å². The molecule has 1 rings (SSSR count). The summed E-state index contributed by atoms with van der Waals surface area (Å²) in [6.45, 7) is 4.19. The van der Waals surface area contributed by atoms with Gasteiger partial charge in [-0.2, -0.15) is 10.5 Å². The molecule has 1 aromatic rings. The summed E-state index contributed by atoms with van der Waals surface area (Å²) in [5, 5.41) is 20.1. The van der Waals surface area contributed by atoms with Gasteiger partial charge in [0.2, 0.25) is 5.91 Å². The van der Waals surface area contributed by atoms with Gasteiger partial charge in [-0.05, 0) is 24.3 Å². The maximum Gasteiger partial charge on any atom is 0.253 e. The SMILES string of the molecule is CC(C)C(=O)Nc1ccc(C(=O)N(CCC#N)CCC#N)cc1. The van der Waals surface area contributed by atoms with Gasteiger partial charge in [-0.15, -0.1) is 0 Å². The minimum absolute atomic E-state index is 0.0891. The van der Waals surface area contributed by atoms with Crippen molar-refractivity contribution in [2.24, 2.45) is 5.92 Å². The van der Waals surface area contributed by atoms with E-state index in [0.717, 1.165) is 0 Å². The Morgan fingerprint density at radius 1 is 1.09 bits per heavy atom. The second-order valence-electron chi connectivity index (χ2n) is 5.33. The first-order chi connectivity index (χ1) is 11.0. The number of nitrogens with one attached hydrogen (secondary N) is 1. The average molecular weight is 312 g/mol. The molecule has 0 saturated heterocycles. The molecule has 6 nitrogen and oxygen atoms in total. The van der Waals surface area contributed by atoms with Gasteiger partial charge >= 0.3 is 0 Å². The van der Waals surface area contributed by atoms with Gasteiger partial charge in [-0.1, -0.05) is 13.8 Å². The molecule has 2 amide bonds. The quantitative estimate of drug-likeness (QED) is 0.836. The van der Waals surface area contributed by atoms with Crippen LogP contribution in [0.1, 0.15) is 37.0 Å². The first kappa shape index (κ1) is 18.2. The van der Waals surface area contributed by atoms with Crippen molar-refractivity contribution in [1.29, 1.82) is 10.5 Å². The standard InChI is InChI=1S/C17H20N4O2/c1-13(2)16(22)20-15-7-5-14(6-8-15)17(23)21(11-3-9-18)12-4-10-19/h5-8,13H,3-4,11-12H2,1-2H3,(H,20,22). The number of rotatable bonds is 7. The molecule has 0 aromatic heterocycles. The van der Waals surface area contributed by atoms with Gasteiger partial charge in [-0.25, -0.2) is 0 Å². The monoisotopic (exact) mass is 312 g/mol. The summed E-state index contributed by atoms with van der Waals surface area (Å²) in [5.74, 6) is -0.435. The van der Waals surface area contributed by atoms with Crippen molar-refractivity contribution >= 4 is 17.5 Å². The number of hydrogen-bond donors (Lipinski definition) is 1. The van der Waals surface area contributed by atoms with Gasteiger partial charge in [0.25, 0.3) is 5.91 Å². The van der Waals surface area contributed by atoms with Crippen LogP contribution in [0.4, 0.5) is 5.69 Å². The Labute approximate surface area is 136 Å². The normalized spacial score (nSPS) is 9.78. The van der Waals surface area contributed by atoms with Crippen molar-refractivity contribution in [2.45, 2.75) is 26.7 Å². The minimum atomic E-state index is -0.225. The fraction of sp³-hybridized carbons (Fsp3) is 0.412. The molecule has 0 atom stereocenters. The number of nitrogens with zero attached hydrogens (tertiary/aromatic N) is 3. The molecule has 0 aliphatic heterocycles. The van der Waals surface area contributed by atoms with Crippen LogP contribution in [0.25, 0.3) is 0 Å². The topological polar surface area (TPSA) is 97.0 Å². The van der Waals surface area contributed by atoms with Gasteiger partial charge in [-0.3, -0.25) is 9.59 Å². The summed E-state index contributed by atoms with van der Waals surface area (Å²) < 4.78 is 0. The van der Waals surface area contributed by atoms with Crippen LogP contribution < -0.4 is 5.32 Å². The van der Waals surface area contributed by atoms with Crippen LogP contribution in [0.3, 0.4) is 0 Å². The van der Waals surface area contributed by atoms with E-state index in [0.29, 0.717) is 24.3 Å². The number of carbonyl (C=O) groups is 2. The number of hydrogen-bond acceptors (Lipinski definition) is 4. The summed E-state index contributed by atoms with van der Waals surface area (Å²) in [4.78, 5) is 25.5. The van der Waals surface area contributed by atoms with E-state index in [9.17, 15) is 9.59 Å². The zero-order chi connectivity index (χ0) is 17.2. The number of carbonyl (C=O) groups excluding carboxylic acids is 2. The minimum Gasteiger partial charge on any atom is -0.337 e. The van der Waals surface area contributed by atoms with Crippen LogP contribution in [0.15, 0.2) is 24.3 Å². The number of benzene rings is 1. The lowest BCUT2D eigenvalue weighted by Gasteiger charge is -2.20. The second kappa shape index (κ2) is 9.22. The number of amides is 2.